The van der Waals surface area contributed by atoms with Crippen LogP contribution in [0.2, 0.25) is 0 Å². The Morgan fingerprint density at radius 1 is 1.41 bits per heavy atom. The number of aliphatic hydroxyl groups is 1. The van der Waals surface area contributed by atoms with Crippen molar-refractivity contribution in [2.24, 2.45) is 11.1 Å². The molecule has 0 aliphatic heterocycles. The fourth-order valence-electron chi connectivity index (χ4n) is 1.47. The van der Waals surface area contributed by atoms with E-state index in [0.29, 0.717) is 11.3 Å². The third kappa shape index (κ3) is 3.25. The highest BCUT2D eigenvalue weighted by atomic mass is 35.5. The Bertz CT molecular complexity index is 369. The fourth-order valence-corrected chi connectivity index (χ4v) is 1.47. The summed E-state index contributed by atoms with van der Waals surface area (Å²) in [6.07, 6.45) is 0. The predicted molar refractivity (Wildman–Crippen MR) is 69.7 cm³/mol. The number of halogens is 1. The maximum Gasteiger partial charge on any atom is 0.162 e. The Balaban J connectivity index is 0.00000256. The largest absolute Gasteiger partial charge is 0.504 e. The van der Waals surface area contributed by atoms with Crippen molar-refractivity contribution in [3.05, 3.63) is 23.8 Å². The van der Waals surface area contributed by atoms with Crippen LogP contribution >= 0.6 is 12.4 Å². The summed E-state index contributed by atoms with van der Waals surface area (Å²) in [6, 6.07) is 4.71. The van der Waals surface area contributed by atoms with Crippen LogP contribution in [0, 0.1) is 5.41 Å². The zero-order chi connectivity index (χ0) is 12.3. The molecule has 5 heteroatoms. The molecule has 1 aromatic carbocycles. The second-order valence-corrected chi connectivity index (χ2v) is 4.52. The number of rotatable bonds is 4. The lowest BCUT2D eigenvalue weighted by molar-refractivity contribution is 0.131. The van der Waals surface area contributed by atoms with Crippen LogP contribution in [-0.4, -0.2) is 23.9 Å². The number of phenols is 1. The van der Waals surface area contributed by atoms with Crippen molar-refractivity contribution in [2.75, 3.05) is 13.7 Å². The number of hydrogen-bond donors (Lipinski definition) is 3. The molecule has 0 heterocycles. The van der Waals surface area contributed by atoms with E-state index in [4.69, 9.17) is 10.5 Å². The van der Waals surface area contributed by atoms with Crippen LogP contribution in [0.25, 0.3) is 0 Å². The zero-order valence-corrected chi connectivity index (χ0v) is 11.1. The number of aromatic hydroxyl groups is 1. The lowest BCUT2D eigenvalue weighted by Crippen LogP contribution is -2.32. The minimum Gasteiger partial charge on any atom is -0.504 e. The van der Waals surface area contributed by atoms with Crippen LogP contribution < -0.4 is 10.5 Å². The summed E-state index contributed by atoms with van der Waals surface area (Å²) in [5.41, 5.74) is 6.12. The Kier molecular flexibility index (Phi) is 5.75. The fraction of sp³-hybridized carbons (Fsp3) is 0.500. The van der Waals surface area contributed by atoms with Gasteiger partial charge in [-0.2, -0.15) is 0 Å². The molecule has 1 aromatic rings. The number of para-hydroxylation sites is 1. The first-order valence-electron chi connectivity index (χ1n) is 5.16. The summed E-state index contributed by atoms with van der Waals surface area (Å²) in [5, 5.41) is 19.2. The highest BCUT2D eigenvalue weighted by molar-refractivity contribution is 5.85. The van der Waals surface area contributed by atoms with Gasteiger partial charge in [0.25, 0.3) is 0 Å². The van der Waals surface area contributed by atoms with Gasteiger partial charge in [-0.3, -0.25) is 0 Å². The monoisotopic (exact) mass is 261 g/mol. The molecule has 0 saturated carbocycles. The molecule has 0 amide bonds. The van der Waals surface area contributed by atoms with Crippen LogP contribution in [0.1, 0.15) is 25.5 Å². The van der Waals surface area contributed by atoms with Gasteiger partial charge in [-0.15, -0.1) is 12.4 Å². The van der Waals surface area contributed by atoms with E-state index in [-0.39, 0.29) is 24.8 Å². The van der Waals surface area contributed by atoms with E-state index in [1.165, 1.54) is 7.11 Å². The number of nitrogens with two attached hydrogens (primary N) is 1. The molecular formula is C12H20ClNO3. The highest BCUT2D eigenvalue weighted by Gasteiger charge is 2.29. The molecule has 0 aliphatic rings. The molecule has 0 spiro atoms. The van der Waals surface area contributed by atoms with E-state index in [9.17, 15) is 10.2 Å². The summed E-state index contributed by atoms with van der Waals surface area (Å²) in [7, 11) is 1.49. The number of ether oxygens (including phenoxy) is 1. The van der Waals surface area contributed by atoms with Gasteiger partial charge < -0.3 is 20.7 Å². The van der Waals surface area contributed by atoms with Gasteiger partial charge in [0.05, 0.1) is 7.11 Å². The Morgan fingerprint density at radius 3 is 2.47 bits per heavy atom. The SMILES string of the molecule is COc1cccc([C@H](N)C(C)(C)CO)c1O.Cl. The Labute approximate surface area is 108 Å². The van der Waals surface area contributed by atoms with Crippen molar-refractivity contribution >= 4 is 12.4 Å². The van der Waals surface area contributed by atoms with Gasteiger partial charge in [0.2, 0.25) is 0 Å². The summed E-state index contributed by atoms with van der Waals surface area (Å²) in [6.45, 7) is 3.64. The minimum absolute atomic E-state index is 0. The normalized spacial score (nSPS) is 12.8. The van der Waals surface area contributed by atoms with Crippen molar-refractivity contribution in [1.82, 2.24) is 0 Å². The lowest BCUT2D eigenvalue weighted by atomic mass is 9.81. The molecule has 0 unspecified atom stereocenters. The topological polar surface area (TPSA) is 75.7 Å². The Morgan fingerprint density at radius 2 is 2.00 bits per heavy atom. The van der Waals surface area contributed by atoms with Gasteiger partial charge in [-0.05, 0) is 6.07 Å². The Hall–Kier alpha value is -0.970. The van der Waals surface area contributed by atoms with Gasteiger partial charge >= 0.3 is 0 Å². The number of aliphatic hydroxyl groups excluding tert-OH is 1. The first-order valence-corrected chi connectivity index (χ1v) is 5.16. The maximum absolute atomic E-state index is 9.93. The molecule has 0 fully saturated rings. The molecule has 98 valence electrons. The zero-order valence-electron chi connectivity index (χ0n) is 10.3. The van der Waals surface area contributed by atoms with Crippen molar-refractivity contribution in [3.8, 4) is 11.5 Å². The molecule has 0 radical (unpaired) electrons. The summed E-state index contributed by atoms with van der Waals surface area (Å²) < 4.78 is 5.01. The minimum atomic E-state index is -0.496. The molecule has 1 rings (SSSR count). The molecule has 4 nitrogen and oxygen atoms in total. The first-order chi connectivity index (χ1) is 7.44. The average molecular weight is 262 g/mol. The van der Waals surface area contributed by atoms with Crippen molar-refractivity contribution in [3.63, 3.8) is 0 Å². The van der Waals surface area contributed by atoms with Crippen LogP contribution in [-0.2, 0) is 0 Å². The third-order valence-corrected chi connectivity index (χ3v) is 2.83. The van der Waals surface area contributed by atoms with Gasteiger partial charge in [0.1, 0.15) is 0 Å². The quantitative estimate of drug-likeness (QED) is 0.773. The lowest BCUT2D eigenvalue weighted by Gasteiger charge is -2.30. The van der Waals surface area contributed by atoms with E-state index < -0.39 is 11.5 Å². The van der Waals surface area contributed by atoms with Crippen molar-refractivity contribution in [1.29, 1.82) is 0 Å². The molecule has 0 aromatic heterocycles. The van der Waals surface area contributed by atoms with Crippen molar-refractivity contribution in [2.45, 2.75) is 19.9 Å². The van der Waals surface area contributed by atoms with Gasteiger partial charge in [0.15, 0.2) is 11.5 Å². The van der Waals surface area contributed by atoms with Gasteiger partial charge in [-0.1, -0.05) is 26.0 Å². The molecule has 1 atom stereocenters. The van der Waals surface area contributed by atoms with Crippen LogP contribution in [0.3, 0.4) is 0 Å². The summed E-state index contributed by atoms with van der Waals surface area (Å²) in [5.74, 6) is 0.431. The maximum atomic E-state index is 9.93. The van der Waals surface area contributed by atoms with Crippen LogP contribution in [0.4, 0.5) is 0 Å². The van der Waals surface area contributed by atoms with E-state index in [1.807, 2.05) is 13.8 Å². The summed E-state index contributed by atoms with van der Waals surface area (Å²) in [4.78, 5) is 0. The number of hydrogen-bond acceptors (Lipinski definition) is 4. The van der Waals surface area contributed by atoms with Gasteiger partial charge in [-0.25, -0.2) is 0 Å². The van der Waals surface area contributed by atoms with E-state index >= 15 is 0 Å². The smallest absolute Gasteiger partial charge is 0.162 e. The van der Waals surface area contributed by atoms with Crippen LogP contribution in [0.15, 0.2) is 18.2 Å². The highest BCUT2D eigenvalue weighted by Crippen LogP contribution is 2.39. The number of phenolic OH excluding ortho intramolecular Hbond substituents is 1. The molecule has 0 aliphatic carbocycles. The van der Waals surface area contributed by atoms with Crippen LogP contribution in [0.5, 0.6) is 11.5 Å². The van der Waals surface area contributed by atoms with Gasteiger partial charge in [0, 0.05) is 23.6 Å². The number of methoxy groups -OCH3 is 1. The van der Waals surface area contributed by atoms with E-state index in [2.05, 4.69) is 0 Å². The summed E-state index contributed by atoms with van der Waals surface area (Å²) >= 11 is 0. The second-order valence-electron chi connectivity index (χ2n) is 4.52. The predicted octanol–water partition coefficient (Wildman–Crippen LogP) is 1.84. The number of benzene rings is 1. The average Bonchev–Trinajstić information content (AvgIpc) is 2.28. The standard InChI is InChI=1S/C12H19NO3.ClH/c1-12(2,7-14)11(13)8-5-4-6-9(16-3)10(8)15;/h4-6,11,14-15H,7,13H2,1-3H3;1H/t11-;/m0./s1. The first kappa shape index (κ1) is 16.0. The molecular weight excluding hydrogens is 242 g/mol. The third-order valence-electron chi connectivity index (χ3n) is 2.83. The molecule has 0 bridgehead atoms. The molecule has 4 N–H and O–H groups in total. The van der Waals surface area contributed by atoms with E-state index in [1.54, 1.807) is 18.2 Å². The van der Waals surface area contributed by atoms with Crippen molar-refractivity contribution < 1.29 is 14.9 Å². The molecule has 17 heavy (non-hydrogen) atoms. The molecule has 0 saturated heterocycles. The second kappa shape index (κ2) is 6.10. The van der Waals surface area contributed by atoms with E-state index in [0.717, 1.165) is 0 Å².